The monoisotopic (exact) mass is 219 g/mol. The molecule has 1 aromatic carbocycles. The van der Waals surface area contributed by atoms with E-state index < -0.39 is 0 Å². The summed E-state index contributed by atoms with van der Waals surface area (Å²) in [7, 11) is 0. The molecule has 1 aliphatic heterocycles. The van der Waals surface area contributed by atoms with Gasteiger partial charge in [-0.1, -0.05) is 12.1 Å². The maximum Gasteiger partial charge on any atom is 0.0419 e. The van der Waals surface area contributed by atoms with Gasteiger partial charge < -0.3 is 16.4 Å². The number of anilines is 1. The SMILES string of the molecule is CCN1CCCc2cc([C@@H](N)CN)ccc21. The van der Waals surface area contributed by atoms with E-state index in [1.54, 1.807) is 0 Å². The summed E-state index contributed by atoms with van der Waals surface area (Å²) in [6.45, 7) is 4.96. The second-order valence-corrected chi connectivity index (χ2v) is 4.41. The van der Waals surface area contributed by atoms with Gasteiger partial charge in [0.2, 0.25) is 0 Å². The fraction of sp³-hybridized carbons (Fsp3) is 0.538. The number of benzene rings is 1. The van der Waals surface area contributed by atoms with Crippen LogP contribution in [0.25, 0.3) is 0 Å². The molecule has 0 fully saturated rings. The molecule has 1 atom stereocenters. The summed E-state index contributed by atoms with van der Waals surface area (Å²) in [6, 6.07) is 6.52. The van der Waals surface area contributed by atoms with Gasteiger partial charge in [0.25, 0.3) is 0 Å². The van der Waals surface area contributed by atoms with Crippen molar-refractivity contribution in [3.63, 3.8) is 0 Å². The Morgan fingerprint density at radius 1 is 1.44 bits per heavy atom. The van der Waals surface area contributed by atoms with Gasteiger partial charge in [0.05, 0.1) is 0 Å². The van der Waals surface area contributed by atoms with E-state index in [2.05, 4.69) is 30.0 Å². The average Bonchev–Trinajstić information content (AvgIpc) is 2.36. The molecule has 0 aliphatic carbocycles. The van der Waals surface area contributed by atoms with Crippen molar-refractivity contribution in [1.82, 2.24) is 0 Å². The van der Waals surface area contributed by atoms with Gasteiger partial charge in [0.1, 0.15) is 0 Å². The van der Waals surface area contributed by atoms with Crippen molar-refractivity contribution in [2.45, 2.75) is 25.8 Å². The summed E-state index contributed by atoms with van der Waals surface area (Å²) in [5, 5.41) is 0. The van der Waals surface area contributed by atoms with Gasteiger partial charge in [-0.05, 0) is 37.0 Å². The molecule has 0 saturated carbocycles. The molecule has 0 spiro atoms. The quantitative estimate of drug-likeness (QED) is 0.808. The Labute approximate surface area is 97.4 Å². The Hall–Kier alpha value is -1.06. The van der Waals surface area contributed by atoms with Crippen LogP contribution in [-0.4, -0.2) is 19.6 Å². The number of rotatable bonds is 3. The van der Waals surface area contributed by atoms with E-state index in [1.165, 1.54) is 29.8 Å². The second-order valence-electron chi connectivity index (χ2n) is 4.41. The molecule has 2 rings (SSSR count). The lowest BCUT2D eigenvalue weighted by Gasteiger charge is -2.31. The van der Waals surface area contributed by atoms with Crippen molar-refractivity contribution < 1.29 is 0 Å². The van der Waals surface area contributed by atoms with Crippen LogP contribution in [0.2, 0.25) is 0 Å². The smallest absolute Gasteiger partial charge is 0.0419 e. The summed E-state index contributed by atoms with van der Waals surface area (Å²) in [6.07, 6.45) is 2.40. The lowest BCUT2D eigenvalue weighted by atomic mass is 9.96. The van der Waals surface area contributed by atoms with Gasteiger partial charge in [-0.15, -0.1) is 0 Å². The van der Waals surface area contributed by atoms with E-state index in [1.807, 2.05) is 0 Å². The predicted molar refractivity (Wildman–Crippen MR) is 68.6 cm³/mol. The van der Waals surface area contributed by atoms with Crippen molar-refractivity contribution in [3.05, 3.63) is 29.3 Å². The van der Waals surface area contributed by atoms with Crippen LogP contribution in [0.5, 0.6) is 0 Å². The molecule has 3 nitrogen and oxygen atoms in total. The number of hydrogen-bond acceptors (Lipinski definition) is 3. The molecule has 1 heterocycles. The molecule has 0 saturated heterocycles. The van der Waals surface area contributed by atoms with Crippen LogP contribution < -0.4 is 16.4 Å². The van der Waals surface area contributed by atoms with E-state index >= 15 is 0 Å². The van der Waals surface area contributed by atoms with Crippen LogP contribution in [0.3, 0.4) is 0 Å². The highest BCUT2D eigenvalue weighted by Crippen LogP contribution is 2.28. The third-order valence-electron chi connectivity index (χ3n) is 3.38. The number of nitrogens with two attached hydrogens (primary N) is 2. The topological polar surface area (TPSA) is 55.3 Å². The number of fused-ring (bicyclic) bond motifs is 1. The van der Waals surface area contributed by atoms with Gasteiger partial charge in [0, 0.05) is 31.4 Å². The highest BCUT2D eigenvalue weighted by molar-refractivity contribution is 5.57. The Morgan fingerprint density at radius 3 is 2.94 bits per heavy atom. The summed E-state index contributed by atoms with van der Waals surface area (Å²) in [5.41, 5.74) is 15.5. The van der Waals surface area contributed by atoms with Crippen LogP contribution in [0.4, 0.5) is 5.69 Å². The normalized spacial score (nSPS) is 17.1. The van der Waals surface area contributed by atoms with E-state index in [-0.39, 0.29) is 6.04 Å². The molecular weight excluding hydrogens is 198 g/mol. The van der Waals surface area contributed by atoms with E-state index in [0.717, 1.165) is 13.0 Å². The Morgan fingerprint density at radius 2 is 2.25 bits per heavy atom. The number of nitrogens with zero attached hydrogens (tertiary/aromatic N) is 1. The zero-order valence-corrected chi connectivity index (χ0v) is 9.95. The molecule has 88 valence electrons. The first-order valence-electron chi connectivity index (χ1n) is 6.09. The zero-order chi connectivity index (χ0) is 11.5. The van der Waals surface area contributed by atoms with Crippen molar-refractivity contribution in [2.24, 2.45) is 11.5 Å². The van der Waals surface area contributed by atoms with Crippen LogP contribution in [-0.2, 0) is 6.42 Å². The van der Waals surface area contributed by atoms with Gasteiger partial charge in [-0.3, -0.25) is 0 Å². The molecule has 16 heavy (non-hydrogen) atoms. The lowest BCUT2D eigenvalue weighted by Crippen LogP contribution is -2.29. The third kappa shape index (κ3) is 2.06. The number of aryl methyl sites for hydroxylation is 1. The first-order valence-corrected chi connectivity index (χ1v) is 6.09. The third-order valence-corrected chi connectivity index (χ3v) is 3.38. The fourth-order valence-corrected chi connectivity index (χ4v) is 2.39. The molecule has 0 aromatic heterocycles. The van der Waals surface area contributed by atoms with E-state index in [4.69, 9.17) is 11.5 Å². The first-order chi connectivity index (χ1) is 7.76. The zero-order valence-electron chi connectivity index (χ0n) is 9.95. The molecule has 0 bridgehead atoms. The summed E-state index contributed by atoms with van der Waals surface area (Å²) >= 11 is 0. The van der Waals surface area contributed by atoms with Crippen molar-refractivity contribution in [3.8, 4) is 0 Å². The highest BCUT2D eigenvalue weighted by atomic mass is 15.1. The van der Waals surface area contributed by atoms with Crippen molar-refractivity contribution in [2.75, 3.05) is 24.5 Å². The molecule has 0 unspecified atom stereocenters. The molecular formula is C13H21N3. The maximum absolute atomic E-state index is 5.96. The molecule has 1 aromatic rings. The summed E-state index contributed by atoms with van der Waals surface area (Å²) < 4.78 is 0. The molecule has 0 amide bonds. The van der Waals surface area contributed by atoms with E-state index in [9.17, 15) is 0 Å². The Kier molecular flexibility index (Phi) is 3.46. The van der Waals surface area contributed by atoms with E-state index in [0.29, 0.717) is 6.54 Å². The molecule has 3 heteroatoms. The summed E-state index contributed by atoms with van der Waals surface area (Å²) in [4.78, 5) is 2.43. The first kappa shape index (κ1) is 11.4. The largest absolute Gasteiger partial charge is 0.372 e. The highest BCUT2D eigenvalue weighted by Gasteiger charge is 2.16. The minimum atomic E-state index is -0.0256. The number of hydrogen-bond donors (Lipinski definition) is 2. The second kappa shape index (κ2) is 4.85. The Bertz CT molecular complexity index is 362. The van der Waals surface area contributed by atoms with Crippen molar-refractivity contribution >= 4 is 5.69 Å². The minimum Gasteiger partial charge on any atom is -0.372 e. The maximum atomic E-state index is 5.96. The fourth-order valence-electron chi connectivity index (χ4n) is 2.39. The van der Waals surface area contributed by atoms with Crippen LogP contribution >= 0.6 is 0 Å². The molecule has 0 radical (unpaired) electrons. The van der Waals surface area contributed by atoms with Gasteiger partial charge in [0.15, 0.2) is 0 Å². The van der Waals surface area contributed by atoms with Crippen LogP contribution in [0.1, 0.15) is 30.5 Å². The predicted octanol–water partition coefficient (Wildman–Crippen LogP) is 1.42. The van der Waals surface area contributed by atoms with Gasteiger partial charge in [-0.2, -0.15) is 0 Å². The minimum absolute atomic E-state index is 0.0256. The molecule has 4 N–H and O–H groups in total. The standard InChI is InChI=1S/C13H21N3/c1-2-16-7-3-4-11-8-10(12(15)9-14)5-6-13(11)16/h5-6,8,12H,2-4,7,9,14-15H2,1H3/t12-/m0/s1. The molecule has 1 aliphatic rings. The van der Waals surface area contributed by atoms with Crippen LogP contribution in [0.15, 0.2) is 18.2 Å². The van der Waals surface area contributed by atoms with Gasteiger partial charge in [-0.25, -0.2) is 0 Å². The summed E-state index contributed by atoms with van der Waals surface area (Å²) in [5.74, 6) is 0. The Balaban J connectivity index is 2.31. The van der Waals surface area contributed by atoms with Crippen molar-refractivity contribution in [1.29, 1.82) is 0 Å². The lowest BCUT2D eigenvalue weighted by molar-refractivity contribution is 0.697. The average molecular weight is 219 g/mol. The van der Waals surface area contributed by atoms with Crippen LogP contribution in [0, 0.1) is 0 Å². The van der Waals surface area contributed by atoms with Gasteiger partial charge >= 0.3 is 0 Å².